The van der Waals surface area contributed by atoms with Crippen LogP contribution < -0.4 is 0 Å². The molecule has 0 saturated carbocycles. The number of benzene rings is 1. The number of carbonyl (C=O) groups excluding carboxylic acids is 1. The lowest BCUT2D eigenvalue weighted by Gasteiger charge is -2.12. The minimum absolute atomic E-state index is 0.0305. The van der Waals surface area contributed by atoms with Crippen LogP contribution in [0.25, 0.3) is 5.00 Å². The molecule has 2 N–H and O–H groups in total. The summed E-state index contributed by atoms with van der Waals surface area (Å²) in [6.45, 7) is 2.83. The summed E-state index contributed by atoms with van der Waals surface area (Å²) in [6, 6.07) is 9.57. The van der Waals surface area contributed by atoms with Crippen molar-refractivity contribution in [2.24, 2.45) is 0 Å². The first-order valence-electron chi connectivity index (χ1n) is 9.21. The third kappa shape index (κ3) is 6.33. The van der Waals surface area contributed by atoms with Crippen molar-refractivity contribution in [2.75, 3.05) is 14.1 Å². The number of thiophene rings is 1. The number of hydrogen-bond acceptors (Lipinski definition) is 6. The molecule has 0 atom stereocenters. The summed E-state index contributed by atoms with van der Waals surface area (Å²) < 4.78 is 2.85. The Hall–Kier alpha value is -2.82. The zero-order valence-electron chi connectivity index (χ0n) is 17.2. The van der Waals surface area contributed by atoms with Crippen molar-refractivity contribution in [1.29, 1.82) is 0 Å². The standard InChI is InChI=1S/C19H20BrN3OS.C2H2O4/c1-4-13-11-15(18(24)14-7-5-6-8-16(14)20)19(25-13)23-10-9-21-17(23)12-22(2)3;3-1(4)2(5)6/h5-11H,4,12H2,1-3H3;(H,3,4)(H,5,6). The lowest BCUT2D eigenvalue weighted by molar-refractivity contribution is -0.159. The summed E-state index contributed by atoms with van der Waals surface area (Å²) in [6.07, 6.45) is 4.62. The lowest BCUT2D eigenvalue weighted by atomic mass is 10.0. The zero-order chi connectivity index (χ0) is 23.1. The number of rotatable bonds is 6. The topological polar surface area (TPSA) is 113 Å². The molecule has 0 aliphatic carbocycles. The zero-order valence-corrected chi connectivity index (χ0v) is 19.6. The van der Waals surface area contributed by atoms with Crippen LogP contribution in [0.15, 0.2) is 47.2 Å². The second kappa shape index (κ2) is 11.0. The molecule has 8 nitrogen and oxygen atoms in total. The van der Waals surface area contributed by atoms with Gasteiger partial charge in [-0.2, -0.15) is 0 Å². The Balaban J connectivity index is 0.000000501. The summed E-state index contributed by atoms with van der Waals surface area (Å²) in [5.74, 6) is -2.69. The third-order valence-corrected chi connectivity index (χ3v) is 6.02. The van der Waals surface area contributed by atoms with Crippen molar-refractivity contribution in [3.63, 3.8) is 0 Å². The number of carbonyl (C=O) groups is 3. The molecule has 0 fully saturated rings. The number of carboxylic acids is 2. The minimum atomic E-state index is -1.82. The molecule has 0 amide bonds. The van der Waals surface area contributed by atoms with Gasteiger partial charge < -0.3 is 15.1 Å². The normalized spacial score (nSPS) is 10.5. The minimum Gasteiger partial charge on any atom is -0.473 e. The van der Waals surface area contributed by atoms with E-state index in [4.69, 9.17) is 19.8 Å². The van der Waals surface area contributed by atoms with Crippen molar-refractivity contribution in [2.45, 2.75) is 19.9 Å². The molecule has 10 heteroatoms. The molecule has 31 heavy (non-hydrogen) atoms. The van der Waals surface area contributed by atoms with Crippen LogP contribution in [0.3, 0.4) is 0 Å². The average molecular weight is 508 g/mol. The van der Waals surface area contributed by atoms with E-state index in [0.29, 0.717) is 5.56 Å². The molecule has 3 rings (SSSR count). The van der Waals surface area contributed by atoms with Gasteiger partial charge in [0.1, 0.15) is 10.8 Å². The van der Waals surface area contributed by atoms with E-state index in [1.807, 2.05) is 55.2 Å². The Labute approximate surface area is 191 Å². The Morgan fingerprint density at radius 2 is 1.77 bits per heavy atom. The summed E-state index contributed by atoms with van der Waals surface area (Å²) >= 11 is 5.15. The van der Waals surface area contributed by atoms with E-state index in [9.17, 15) is 4.79 Å². The number of aromatic nitrogens is 2. The fourth-order valence-corrected chi connectivity index (χ4v) is 4.22. The highest BCUT2D eigenvalue weighted by Crippen LogP contribution is 2.31. The molecule has 3 aromatic rings. The maximum absolute atomic E-state index is 13.2. The highest BCUT2D eigenvalue weighted by atomic mass is 79.9. The highest BCUT2D eigenvalue weighted by Gasteiger charge is 2.21. The van der Waals surface area contributed by atoms with Crippen molar-refractivity contribution in [1.82, 2.24) is 14.5 Å². The van der Waals surface area contributed by atoms with Crippen LogP contribution in [0.4, 0.5) is 0 Å². The van der Waals surface area contributed by atoms with Gasteiger partial charge in [-0.05, 0) is 38.7 Å². The average Bonchev–Trinajstić information content (AvgIpc) is 3.34. The molecule has 2 aromatic heterocycles. The fraction of sp³-hybridized carbons (Fsp3) is 0.238. The number of halogens is 1. The van der Waals surface area contributed by atoms with Gasteiger partial charge in [0.15, 0.2) is 5.78 Å². The Morgan fingerprint density at radius 3 is 2.32 bits per heavy atom. The number of hydrogen-bond donors (Lipinski definition) is 2. The van der Waals surface area contributed by atoms with Crippen molar-refractivity contribution < 1.29 is 24.6 Å². The summed E-state index contributed by atoms with van der Waals surface area (Å²) in [7, 11) is 4.02. The third-order valence-electron chi connectivity index (χ3n) is 4.05. The quantitative estimate of drug-likeness (QED) is 0.386. The maximum Gasteiger partial charge on any atom is 0.414 e. The molecule has 0 aliphatic heterocycles. The number of aliphatic carboxylic acids is 2. The van der Waals surface area contributed by atoms with Crippen LogP contribution in [0.1, 0.15) is 33.5 Å². The van der Waals surface area contributed by atoms with Gasteiger partial charge in [-0.3, -0.25) is 9.36 Å². The molecule has 1 aromatic carbocycles. The molecule has 0 radical (unpaired) electrons. The van der Waals surface area contributed by atoms with Crippen LogP contribution in [0, 0.1) is 0 Å². The summed E-state index contributed by atoms with van der Waals surface area (Å²) in [4.78, 5) is 39.1. The van der Waals surface area contributed by atoms with Crippen LogP contribution in [-0.2, 0) is 22.6 Å². The molecular weight excluding hydrogens is 486 g/mol. The van der Waals surface area contributed by atoms with E-state index >= 15 is 0 Å². The molecule has 0 aliphatic rings. The number of aryl methyl sites for hydroxylation is 1. The fourth-order valence-electron chi connectivity index (χ4n) is 2.66. The second-order valence-electron chi connectivity index (χ2n) is 6.66. The largest absolute Gasteiger partial charge is 0.473 e. The van der Waals surface area contributed by atoms with E-state index in [1.165, 1.54) is 4.88 Å². The van der Waals surface area contributed by atoms with Gasteiger partial charge in [0.05, 0.1) is 12.1 Å². The van der Waals surface area contributed by atoms with Gasteiger partial charge >= 0.3 is 11.9 Å². The monoisotopic (exact) mass is 507 g/mol. The van der Waals surface area contributed by atoms with Gasteiger partial charge in [0.2, 0.25) is 0 Å². The molecular formula is C21H22BrN3O5S. The first-order valence-corrected chi connectivity index (χ1v) is 10.8. The van der Waals surface area contributed by atoms with Gasteiger partial charge in [-0.1, -0.05) is 35.0 Å². The van der Waals surface area contributed by atoms with Crippen LogP contribution in [0.2, 0.25) is 0 Å². The predicted octanol–water partition coefficient (Wildman–Crippen LogP) is 3.71. The first-order chi connectivity index (χ1) is 14.6. The van der Waals surface area contributed by atoms with Crippen LogP contribution in [0.5, 0.6) is 0 Å². The second-order valence-corrected chi connectivity index (χ2v) is 8.63. The van der Waals surface area contributed by atoms with Crippen molar-refractivity contribution in [3.05, 3.63) is 69.0 Å². The number of imidazole rings is 1. The van der Waals surface area contributed by atoms with E-state index < -0.39 is 11.9 Å². The molecule has 0 bridgehead atoms. The number of nitrogens with zero attached hydrogens (tertiary/aromatic N) is 3. The predicted molar refractivity (Wildman–Crippen MR) is 121 cm³/mol. The van der Waals surface area contributed by atoms with E-state index in [2.05, 4.69) is 32.7 Å². The molecule has 2 heterocycles. The Kier molecular flexibility index (Phi) is 8.66. The van der Waals surface area contributed by atoms with Gasteiger partial charge in [0, 0.05) is 27.3 Å². The summed E-state index contributed by atoms with van der Waals surface area (Å²) in [5, 5.41) is 15.7. The molecule has 0 unspecified atom stereocenters. The Bertz CT molecular complexity index is 1080. The Morgan fingerprint density at radius 1 is 1.13 bits per heavy atom. The molecule has 164 valence electrons. The van der Waals surface area contributed by atoms with Gasteiger partial charge in [0.25, 0.3) is 0 Å². The van der Waals surface area contributed by atoms with Crippen LogP contribution >= 0.6 is 27.3 Å². The van der Waals surface area contributed by atoms with Crippen molar-refractivity contribution in [3.8, 4) is 5.00 Å². The maximum atomic E-state index is 13.2. The van der Waals surface area contributed by atoms with E-state index in [-0.39, 0.29) is 5.78 Å². The molecule has 0 spiro atoms. The van der Waals surface area contributed by atoms with Gasteiger partial charge in [-0.25, -0.2) is 14.6 Å². The smallest absolute Gasteiger partial charge is 0.414 e. The lowest BCUT2D eigenvalue weighted by Crippen LogP contribution is -2.15. The van der Waals surface area contributed by atoms with E-state index in [1.54, 1.807) is 17.5 Å². The van der Waals surface area contributed by atoms with Crippen LogP contribution in [-0.4, -0.2) is 56.5 Å². The SMILES string of the molecule is CCc1cc(C(=O)c2ccccc2Br)c(-n2ccnc2CN(C)C)s1.O=C(O)C(=O)O. The number of ketones is 1. The first kappa shape index (κ1) is 24.4. The molecule has 0 saturated heterocycles. The van der Waals surface area contributed by atoms with Crippen molar-refractivity contribution >= 4 is 45.0 Å². The highest BCUT2D eigenvalue weighted by molar-refractivity contribution is 9.10. The van der Waals surface area contributed by atoms with Gasteiger partial charge in [-0.15, -0.1) is 11.3 Å². The number of carboxylic acid groups (broad SMARTS) is 2. The summed E-state index contributed by atoms with van der Waals surface area (Å²) in [5.41, 5.74) is 1.41. The van der Waals surface area contributed by atoms with E-state index in [0.717, 1.165) is 33.8 Å².